The molecule has 3 heterocycles. The first-order valence-electron chi connectivity index (χ1n) is 15.9. The topological polar surface area (TPSA) is 91.6 Å². The molecule has 0 aliphatic carbocycles. The number of methoxy groups -OCH3 is 1. The van der Waals surface area contributed by atoms with E-state index in [0.717, 1.165) is 33.2 Å². The Labute approximate surface area is 281 Å². The Morgan fingerprint density at radius 2 is 1.79 bits per heavy atom. The molecule has 244 valence electrons. The summed E-state index contributed by atoms with van der Waals surface area (Å²) in [5, 5.41) is 1.90. The standard InChI is InChI=1S/C38H35N3O6S/c1-5-40(6-2)37(43)33-23(3)39-38-41(35(33)34-28-10-8-7-9-26(28)14-18-30(34)44-4)36(42)32(48-38)20-24-11-15-27(16-12-24)45-21-25-13-17-29-31(19-25)47-22-46-29/h7-20,35H,5-6,21-22H2,1-4H3/b32-20+/t35-/m0/s1. The third-order valence-electron chi connectivity index (χ3n) is 8.75. The van der Waals surface area contributed by atoms with Gasteiger partial charge in [-0.25, -0.2) is 4.99 Å². The number of hydrogen-bond donors (Lipinski definition) is 0. The lowest BCUT2D eigenvalue weighted by Crippen LogP contribution is -2.43. The van der Waals surface area contributed by atoms with Crippen molar-refractivity contribution in [1.82, 2.24) is 9.47 Å². The summed E-state index contributed by atoms with van der Waals surface area (Å²) < 4.78 is 24.9. The number of likely N-dealkylation sites (N-methyl/N-ethyl adjacent to an activating group) is 1. The lowest BCUT2D eigenvalue weighted by molar-refractivity contribution is -0.127. The second-order valence-corrected chi connectivity index (χ2v) is 12.5. The molecule has 2 aliphatic heterocycles. The summed E-state index contributed by atoms with van der Waals surface area (Å²) in [6.45, 7) is 7.42. The predicted octanol–water partition coefficient (Wildman–Crippen LogP) is 5.57. The highest BCUT2D eigenvalue weighted by molar-refractivity contribution is 7.07. The van der Waals surface area contributed by atoms with Crippen LogP contribution >= 0.6 is 11.3 Å². The fraction of sp³-hybridized carbons (Fsp3) is 0.237. The highest BCUT2D eigenvalue weighted by Crippen LogP contribution is 2.40. The molecular formula is C38H35N3O6S. The molecule has 0 spiro atoms. The first kappa shape index (κ1) is 31.3. The molecular weight excluding hydrogens is 627 g/mol. The van der Waals surface area contributed by atoms with Crippen molar-refractivity contribution in [3.8, 4) is 23.0 Å². The largest absolute Gasteiger partial charge is 0.496 e. The average Bonchev–Trinajstić information content (AvgIpc) is 3.70. The minimum atomic E-state index is -0.732. The molecule has 1 atom stereocenters. The van der Waals surface area contributed by atoms with Crippen molar-refractivity contribution in [2.75, 3.05) is 27.0 Å². The molecule has 48 heavy (non-hydrogen) atoms. The predicted molar refractivity (Wildman–Crippen MR) is 186 cm³/mol. The highest BCUT2D eigenvalue weighted by atomic mass is 32.1. The minimum Gasteiger partial charge on any atom is -0.496 e. The Morgan fingerprint density at radius 1 is 1.02 bits per heavy atom. The molecule has 0 saturated carbocycles. The molecule has 0 fully saturated rings. The van der Waals surface area contributed by atoms with E-state index in [1.165, 1.54) is 11.3 Å². The van der Waals surface area contributed by atoms with Crippen molar-refractivity contribution in [1.29, 1.82) is 0 Å². The Kier molecular flexibility index (Phi) is 8.49. The maximum Gasteiger partial charge on any atom is 0.271 e. The number of fused-ring (bicyclic) bond motifs is 3. The van der Waals surface area contributed by atoms with Crippen LogP contribution in [0, 0.1) is 0 Å². The third kappa shape index (κ3) is 5.62. The number of carbonyl (C=O) groups excluding carboxylic acids is 1. The fourth-order valence-electron chi connectivity index (χ4n) is 6.29. The van der Waals surface area contributed by atoms with Crippen LogP contribution in [-0.2, 0) is 11.4 Å². The van der Waals surface area contributed by atoms with Crippen LogP contribution in [0.5, 0.6) is 23.0 Å². The monoisotopic (exact) mass is 661 g/mol. The van der Waals surface area contributed by atoms with E-state index in [0.29, 0.717) is 57.5 Å². The van der Waals surface area contributed by atoms with Crippen LogP contribution in [0.3, 0.4) is 0 Å². The molecule has 5 aromatic rings. The van der Waals surface area contributed by atoms with Crippen LogP contribution in [-0.4, -0.2) is 42.4 Å². The first-order chi connectivity index (χ1) is 23.4. The first-order valence-corrected chi connectivity index (χ1v) is 16.7. The Morgan fingerprint density at radius 3 is 2.56 bits per heavy atom. The number of hydrogen-bond acceptors (Lipinski definition) is 8. The molecule has 1 aromatic heterocycles. The summed E-state index contributed by atoms with van der Waals surface area (Å²) in [4.78, 5) is 35.7. The van der Waals surface area contributed by atoms with Gasteiger partial charge < -0.3 is 23.8 Å². The molecule has 2 aliphatic rings. The number of allylic oxidation sites excluding steroid dienone is 1. The molecule has 0 bridgehead atoms. The van der Waals surface area contributed by atoms with Crippen molar-refractivity contribution >= 4 is 34.1 Å². The normalized spacial score (nSPS) is 15.3. The zero-order chi connectivity index (χ0) is 33.4. The van der Waals surface area contributed by atoms with Crippen molar-refractivity contribution in [2.24, 2.45) is 4.99 Å². The molecule has 9 nitrogen and oxygen atoms in total. The van der Waals surface area contributed by atoms with Gasteiger partial charge in [-0.2, -0.15) is 0 Å². The van der Waals surface area contributed by atoms with Crippen molar-refractivity contribution in [3.05, 3.63) is 127 Å². The van der Waals surface area contributed by atoms with Gasteiger partial charge in [-0.15, -0.1) is 0 Å². The van der Waals surface area contributed by atoms with Gasteiger partial charge in [0.05, 0.1) is 22.9 Å². The second kappa shape index (κ2) is 13.0. The quantitative estimate of drug-likeness (QED) is 0.205. The van der Waals surface area contributed by atoms with E-state index in [1.807, 2.05) is 106 Å². The molecule has 0 saturated heterocycles. The zero-order valence-electron chi connectivity index (χ0n) is 27.2. The molecule has 1 amide bonds. The number of thiazole rings is 1. The van der Waals surface area contributed by atoms with Crippen molar-refractivity contribution < 1.29 is 23.7 Å². The Hall–Kier alpha value is -5.35. The van der Waals surface area contributed by atoms with Crippen LogP contribution in [0.15, 0.2) is 99.9 Å². The van der Waals surface area contributed by atoms with Crippen molar-refractivity contribution in [3.63, 3.8) is 0 Å². The lowest BCUT2D eigenvalue weighted by atomic mass is 9.90. The summed E-state index contributed by atoms with van der Waals surface area (Å²) in [7, 11) is 1.61. The summed E-state index contributed by atoms with van der Waals surface area (Å²) in [5.41, 5.74) is 3.40. The Balaban J connectivity index is 1.28. The number of nitrogens with zero attached hydrogens (tertiary/aromatic N) is 3. The van der Waals surface area contributed by atoms with Gasteiger partial charge in [-0.05, 0) is 79.1 Å². The number of carbonyl (C=O) groups is 1. The average molecular weight is 662 g/mol. The zero-order valence-corrected chi connectivity index (χ0v) is 28.0. The van der Waals surface area contributed by atoms with Crippen LogP contribution in [0.4, 0.5) is 0 Å². The maximum atomic E-state index is 14.4. The van der Waals surface area contributed by atoms with E-state index in [-0.39, 0.29) is 18.3 Å². The summed E-state index contributed by atoms with van der Waals surface area (Å²) >= 11 is 1.31. The molecule has 7 rings (SSSR count). The van der Waals surface area contributed by atoms with Gasteiger partial charge in [-0.3, -0.25) is 14.2 Å². The van der Waals surface area contributed by atoms with E-state index >= 15 is 0 Å². The smallest absolute Gasteiger partial charge is 0.271 e. The van der Waals surface area contributed by atoms with E-state index in [4.69, 9.17) is 23.9 Å². The van der Waals surface area contributed by atoms with Crippen LogP contribution < -0.4 is 33.8 Å². The summed E-state index contributed by atoms with van der Waals surface area (Å²) in [5.74, 6) is 2.60. The maximum absolute atomic E-state index is 14.4. The van der Waals surface area contributed by atoms with E-state index in [2.05, 4.69) is 0 Å². The molecule has 0 radical (unpaired) electrons. The van der Waals surface area contributed by atoms with Gasteiger partial charge in [-0.1, -0.05) is 59.9 Å². The second-order valence-electron chi connectivity index (χ2n) is 11.5. The summed E-state index contributed by atoms with van der Waals surface area (Å²) in [6.07, 6.45) is 1.86. The number of benzene rings is 4. The molecule has 4 aromatic carbocycles. The van der Waals surface area contributed by atoms with E-state index in [9.17, 15) is 9.59 Å². The van der Waals surface area contributed by atoms with Crippen LogP contribution in [0.2, 0.25) is 0 Å². The van der Waals surface area contributed by atoms with Gasteiger partial charge in [0.1, 0.15) is 24.1 Å². The summed E-state index contributed by atoms with van der Waals surface area (Å²) in [6, 6.07) is 24.5. The van der Waals surface area contributed by atoms with Gasteiger partial charge in [0, 0.05) is 18.7 Å². The van der Waals surface area contributed by atoms with Gasteiger partial charge in [0.2, 0.25) is 6.79 Å². The lowest BCUT2D eigenvalue weighted by Gasteiger charge is -2.30. The Bertz CT molecular complexity index is 2250. The third-order valence-corrected chi connectivity index (χ3v) is 9.73. The molecule has 0 N–H and O–H groups in total. The fourth-order valence-corrected chi connectivity index (χ4v) is 7.34. The van der Waals surface area contributed by atoms with Gasteiger partial charge >= 0.3 is 0 Å². The van der Waals surface area contributed by atoms with E-state index < -0.39 is 6.04 Å². The number of aromatic nitrogens is 1. The van der Waals surface area contributed by atoms with E-state index in [1.54, 1.807) is 16.6 Å². The van der Waals surface area contributed by atoms with Gasteiger partial charge in [0.25, 0.3) is 11.5 Å². The van der Waals surface area contributed by atoms with Crippen LogP contribution in [0.1, 0.15) is 43.5 Å². The molecule has 0 unspecified atom stereocenters. The number of rotatable bonds is 9. The van der Waals surface area contributed by atoms with Crippen LogP contribution in [0.25, 0.3) is 16.8 Å². The SMILES string of the molecule is CCN(CC)C(=O)C1=C(C)N=c2s/c(=C/c3ccc(OCc4ccc5c(c4)OCO5)cc3)c(=O)n2[C@@H]1c1c(OC)ccc2ccccc12. The van der Waals surface area contributed by atoms with Gasteiger partial charge in [0.15, 0.2) is 16.3 Å². The minimum absolute atomic E-state index is 0.146. The number of amides is 1. The molecule has 10 heteroatoms. The van der Waals surface area contributed by atoms with Crippen molar-refractivity contribution in [2.45, 2.75) is 33.4 Å². The highest BCUT2D eigenvalue weighted by Gasteiger charge is 2.36. The number of ether oxygens (including phenoxy) is 4.